The van der Waals surface area contributed by atoms with Crippen molar-refractivity contribution in [2.75, 3.05) is 7.11 Å². The predicted octanol–water partition coefficient (Wildman–Crippen LogP) is 1.80. The van der Waals surface area contributed by atoms with E-state index in [2.05, 4.69) is 5.32 Å². The van der Waals surface area contributed by atoms with Crippen molar-refractivity contribution in [2.24, 2.45) is 0 Å². The Kier molecular flexibility index (Phi) is 4.59. The zero-order valence-corrected chi connectivity index (χ0v) is 17.5. The number of halogens is 2. The third kappa shape index (κ3) is 3.01. The maximum atomic E-state index is 13.9. The van der Waals surface area contributed by atoms with E-state index in [4.69, 9.17) is 9.47 Å². The number of rotatable bonds is 4. The Morgan fingerprint density at radius 1 is 1.31 bits per heavy atom. The molecule has 0 unspecified atom stereocenters. The van der Waals surface area contributed by atoms with Crippen LogP contribution in [0.25, 0.3) is 0 Å². The maximum Gasteiger partial charge on any atom is 0.276 e. The molecule has 2 fully saturated rings. The molecule has 1 spiro atoms. The van der Waals surface area contributed by atoms with Gasteiger partial charge in [0.05, 0.1) is 25.3 Å². The van der Waals surface area contributed by atoms with Crippen molar-refractivity contribution in [3.63, 3.8) is 0 Å². The van der Waals surface area contributed by atoms with E-state index in [1.807, 2.05) is 6.92 Å². The van der Waals surface area contributed by atoms with Gasteiger partial charge in [0.2, 0.25) is 5.43 Å². The minimum atomic E-state index is -0.808. The molecule has 1 aromatic heterocycles. The first-order valence-corrected chi connectivity index (χ1v) is 10.3. The lowest BCUT2D eigenvalue weighted by Crippen LogP contribution is -2.49. The van der Waals surface area contributed by atoms with Gasteiger partial charge < -0.3 is 24.3 Å². The van der Waals surface area contributed by atoms with Crippen molar-refractivity contribution in [1.82, 2.24) is 14.8 Å². The first-order chi connectivity index (χ1) is 15.3. The Morgan fingerprint density at radius 2 is 2.06 bits per heavy atom. The van der Waals surface area contributed by atoms with Crippen LogP contribution >= 0.6 is 0 Å². The van der Waals surface area contributed by atoms with Crippen LogP contribution in [0.2, 0.25) is 0 Å². The van der Waals surface area contributed by atoms with Crippen LogP contribution in [-0.4, -0.2) is 46.3 Å². The van der Waals surface area contributed by atoms with Gasteiger partial charge in [0, 0.05) is 24.4 Å². The van der Waals surface area contributed by atoms with Crippen molar-refractivity contribution in [2.45, 2.75) is 50.7 Å². The van der Waals surface area contributed by atoms with E-state index in [1.54, 1.807) is 4.90 Å². The summed E-state index contributed by atoms with van der Waals surface area (Å²) in [5.41, 5.74) is -1.18. The first-order valence-electron chi connectivity index (χ1n) is 10.3. The van der Waals surface area contributed by atoms with Crippen LogP contribution in [-0.2, 0) is 17.8 Å². The molecule has 1 saturated heterocycles. The van der Waals surface area contributed by atoms with E-state index in [0.29, 0.717) is 6.07 Å². The molecule has 1 N–H and O–H groups in total. The van der Waals surface area contributed by atoms with E-state index in [-0.39, 0.29) is 53.2 Å². The minimum Gasteiger partial charge on any atom is -0.491 e. The van der Waals surface area contributed by atoms with E-state index in [9.17, 15) is 23.2 Å². The number of ether oxygens (including phenoxy) is 2. The molecule has 1 saturated carbocycles. The molecular weight excluding hydrogens is 424 g/mol. The quantitative estimate of drug-likeness (QED) is 0.775. The molecule has 32 heavy (non-hydrogen) atoms. The monoisotopic (exact) mass is 445 g/mol. The van der Waals surface area contributed by atoms with Crippen LogP contribution in [0.5, 0.6) is 5.75 Å². The molecule has 0 bridgehead atoms. The third-order valence-corrected chi connectivity index (χ3v) is 6.53. The number of fused-ring (bicyclic) bond motifs is 2. The molecule has 3 heterocycles. The molecule has 1 aromatic carbocycles. The Bertz CT molecular complexity index is 1210. The number of nitrogens with one attached hydrogen (secondary N) is 1. The fourth-order valence-electron chi connectivity index (χ4n) is 4.60. The highest BCUT2D eigenvalue weighted by Crippen LogP contribution is 2.52. The predicted molar refractivity (Wildman–Crippen MR) is 107 cm³/mol. The molecule has 5 rings (SSSR count). The Balaban J connectivity index is 1.46. The van der Waals surface area contributed by atoms with Gasteiger partial charge >= 0.3 is 0 Å². The second-order valence-electron chi connectivity index (χ2n) is 8.35. The van der Waals surface area contributed by atoms with Crippen molar-refractivity contribution >= 4 is 11.8 Å². The molecule has 1 aliphatic carbocycles. The zero-order chi connectivity index (χ0) is 22.8. The van der Waals surface area contributed by atoms with E-state index < -0.39 is 29.2 Å². The number of carbonyl (C=O) groups is 2. The topological polar surface area (TPSA) is 89.9 Å². The number of amides is 2. The van der Waals surface area contributed by atoms with E-state index in [0.717, 1.165) is 18.9 Å². The Hall–Kier alpha value is -3.27. The number of hydrogen-bond acceptors (Lipinski definition) is 5. The summed E-state index contributed by atoms with van der Waals surface area (Å²) in [6, 6.07) is 2.88. The van der Waals surface area contributed by atoms with Crippen LogP contribution in [0.15, 0.2) is 29.2 Å². The zero-order valence-electron chi connectivity index (χ0n) is 17.5. The molecule has 2 aromatic rings. The lowest BCUT2D eigenvalue weighted by atomic mass is 10.1. The molecule has 10 heteroatoms. The number of pyridine rings is 1. The van der Waals surface area contributed by atoms with Gasteiger partial charge in [0.15, 0.2) is 17.7 Å². The van der Waals surface area contributed by atoms with Gasteiger partial charge in [0.25, 0.3) is 11.8 Å². The van der Waals surface area contributed by atoms with Gasteiger partial charge in [-0.1, -0.05) is 6.07 Å². The van der Waals surface area contributed by atoms with Crippen molar-refractivity contribution in [1.29, 1.82) is 0 Å². The average molecular weight is 445 g/mol. The minimum absolute atomic E-state index is 0.0682. The highest BCUT2D eigenvalue weighted by Gasteiger charge is 2.61. The number of benzene rings is 1. The number of carbonyl (C=O) groups excluding carboxylic acids is 2. The fraction of sp³-hybridized carbons (Fsp3) is 0.409. The van der Waals surface area contributed by atoms with Crippen LogP contribution in [0, 0.1) is 11.6 Å². The lowest BCUT2D eigenvalue weighted by Gasteiger charge is -2.34. The van der Waals surface area contributed by atoms with Gasteiger partial charge in [-0.2, -0.15) is 0 Å². The summed E-state index contributed by atoms with van der Waals surface area (Å²) in [6.45, 7) is 1.94. The second kappa shape index (κ2) is 7.13. The molecule has 2 aliphatic heterocycles. The Labute approximate surface area is 181 Å². The highest BCUT2D eigenvalue weighted by molar-refractivity contribution is 5.99. The second-order valence-corrected chi connectivity index (χ2v) is 8.35. The van der Waals surface area contributed by atoms with Crippen molar-refractivity contribution < 1.29 is 27.8 Å². The lowest BCUT2D eigenvalue weighted by molar-refractivity contribution is -0.0230. The molecular formula is C22H21F2N3O5. The van der Waals surface area contributed by atoms with Crippen molar-refractivity contribution in [3.05, 3.63) is 63.1 Å². The summed E-state index contributed by atoms with van der Waals surface area (Å²) in [7, 11) is 1.26. The standard InChI is InChI=1S/C22H21F2N3O5/c1-11-22(5-6-22)32-16-10-26-9-14(18(28)19(31-2)17(26)21(30)27(11)16)20(29)25-8-12-3-4-13(23)7-15(12)24/h3-4,7,9,11,16H,5-6,8,10H2,1-2H3,(H,25,29)/t11-,16+/m1/s1. The molecule has 0 radical (unpaired) electrons. The van der Waals surface area contributed by atoms with E-state index >= 15 is 0 Å². The number of aromatic nitrogens is 1. The fourth-order valence-corrected chi connectivity index (χ4v) is 4.60. The summed E-state index contributed by atoms with van der Waals surface area (Å²) in [4.78, 5) is 40.6. The molecule has 3 aliphatic rings. The number of hydrogen-bond donors (Lipinski definition) is 1. The largest absolute Gasteiger partial charge is 0.491 e. The summed E-state index contributed by atoms with van der Waals surface area (Å²) >= 11 is 0. The molecule has 168 valence electrons. The van der Waals surface area contributed by atoms with Gasteiger partial charge in [-0.05, 0) is 25.8 Å². The van der Waals surface area contributed by atoms with E-state index in [1.165, 1.54) is 23.9 Å². The van der Waals surface area contributed by atoms with Gasteiger partial charge in [-0.3, -0.25) is 14.4 Å². The first kappa shape index (κ1) is 20.6. The summed E-state index contributed by atoms with van der Waals surface area (Å²) in [5, 5.41) is 2.47. The highest BCUT2D eigenvalue weighted by atomic mass is 19.1. The van der Waals surface area contributed by atoms with Gasteiger partial charge in [-0.25, -0.2) is 8.78 Å². The van der Waals surface area contributed by atoms with Crippen LogP contribution < -0.4 is 15.5 Å². The third-order valence-electron chi connectivity index (χ3n) is 6.53. The summed E-state index contributed by atoms with van der Waals surface area (Å²) in [5.74, 6) is -2.91. The summed E-state index contributed by atoms with van der Waals surface area (Å²) in [6.07, 6.45) is 2.54. The van der Waals surface area contributed by atoms with Crippen LogP contribution in [0.4, 0.5) is 8.78 Å². The SMILES string of the molecule is COc1c2n(cc(C(=O)NCc3ccc(F)cc3F)c1=O)C[C@@H]1OC3(CC3)[C@@H](C)N1C2=O. The van der Waals surface area contributed by atoms with Crippen LogP contribution in [0.1, 0.15) is 46.2 Å². The van der Waals surface area contributed by atoms with Gasteiger partial charge in [0.1, 0.15) is 17.2 Å². The van der Waals surface area contributed by atoms with Crippen molar-refractivity contribution in [3.8, 4) is 5.75 Å². The molecule has 2 amide bonds. The smallest absolute Gasteiger partial charge is 0.276 e. The normalized spacial score (nSPS) is 22.5. The average Bonchev–Trinajstić information content (AvgIpc) is 3.47. The number of methoxy groups -OCH3 is 1. The molecule has 2 atom stereocenters. The summed E-state index contributed by atoms with van der Waals surface area (Å²) < 4.78 is 39.8. The maximum absolute atomic E-state index is 13.9. The number of nitrogens with zero attached hydrogens (tertiary/aromatic N) is 2. The Morgan fingerprint density at radius 3 is 2.72 bits per heavy atom. The molecule has 8 nitrogen and oxygen atoms in total. The van der Waals surface area contributed by atoms with Gasteiger partial charge in [-0.15, -0.1) is 0 Å². The van der Waals surface area contributed by atoms with Crippen LogP contribution in [0.3, 0.4) is 0 Å².